The topological polar surface area (TPSA) is 62.3 Å². The number of aliphatic carboxylic acids is 1. The first-order valence-corrected chi connectivity index (χ1v) is 10.9. The molecule has 0 spiro atoms. The predicted octanol–water partition coefficient (Wildman–Crippen LogP) is 7.61. The van der Waals surface area contributed by atoms with Crippen molar-refractivity contribution in [3.63, 3.8) is 0 Å². The van der Waals surface area contributed by atoms with Crippen molar-refractivity contribution >= 4 is 44.4 Å². The largest absolute Gasteiger partial charge is 0.481 e. The number of carbonyl (C=O) groups is 1. The number of hydrogen-bond acceptors (Lipinski definition) is 2. The van der Waals surface area contributed by atoms with E-state index in [1.54, 1.807) is 30.3 Å². The van der Waals surface area contributed by atoms with Crippen molar-refractivity contribution in [1.29, 1.82) is 0 Å². The average molecular weight is 539 g/mol. The molecule has 4 nitrogen and oxygen atoms in total. The molecule has 0 aliphatic carbocycles. The number of halogens is 5. The molecule has 0 unspecified atom stereocenters. The zero-order chi connectivity index (χ0) is 23.8. The van der Waals surface area contributed by atoms with Crippen molar-refractivity contribution in [2.75, 3.05) is 0 Å². The summed E-state index contributed by atoms with van der Waals surface area (Å²) in [5.74, 6) is -1.43. The highest BCUT2D eigenvalue weighted by Crippen LogP contribution is 2.43. The summed E-state index contributed by atoms with van der Waals surface area (Å²) in [6, 6.07) is 14.5. The van der Waals surface area contributed by atoms with Gasteiger partial charge < -0.3 is 14.8 Å². The standard InChI is InChI=1S/C24H16BrClF3NO3/c25-20-9-14(10-22(31)32)8-19(24(27,28)29)23(20)33-17-5-6-21-18(11-17)15(12-30-21)7-13-1-3-16(26)4-2-13/h1-6,8-9,11-12,30H,7,10H2,(H,31,32). The molecule has 33 heavy (non-hydrogen) atoms. The highest BCUT2D eigenvalue weighted by Gasteiger charge is 2.36. The number of benzene rings is 3. The fraction of sp³-hybridized carbons (Fsp3) is 0.125. The van der Waals surface area contributed by atoms with E-state index in [-0.39, 0.29) is 15.8 Å². The zero-order valence-electron chi connectivity index (χ0n) is 16.8. The van der Waals surface area contributed by atoms with Crippen LogP contribution in [0.2, 0.25) is 5.02 Å². The Hall–Kier alpha value is -2.97. The molecule has 0 bridgehead atoms. The van der Waals surface area contributed by atoms with Crippen molar-refractivity contribution in [3.8, 4) is 11.5 Å². The van der Waals surface area contributed by atoms with Gasteiger partial charge in [0.25, 0.3) is 0 Å². The van der Waals surface area contributed by atoms with Crippen molar-refractivity contribution in [2.45, 2.75) is 19.0 Å². The summed E-state index contributed by atoms with van der Waals surface area (Å²) in [7, 11) is 0. The zero-order valence-corrected chi connectivity index (χ0v) is 19.2. The number of hydrogen-bond donors (Lipinski definition) is 2. The average Bonchev–Trinajstić information content (AvgIpc) is 3.12. The number of alkyl halides is 3. The van der Waals surface area contributed by atoms with Crippen molar-refractivity contribution in [3.05, 3.63) is 92.5 Å². The van der Waals surface area contributed by atoms with Gasteiger partial charge in [0.1, 0.15) is 5.75 Å². The van der Waals surface area contributed by atoms with Crippen LogP contribution < -0.4 is 4.74 Å². The van der Waals surface area contributed by atoms with E-state index in [1.165, 1.54) is 6.07 Å². The summed E-state index contributed by atoms with van der Waals surface area (Å²) in [4.78, 5) is 14.1. The normalized spacial score (nSPS) is 11.7. The first kappa shape index (κ1) is 23.2. The molecule has 0 saturated heterocycles. The van der Waals surface area contributed by atoms with Crippen LogP contribution in [0.15, 0.2) is 65.3 Å². The SMILES string of the molecule is O=C(O)Cc1cc(Br)c(Oc2ccc3[nH]cc(Cc4ccc(Cl)cc4)c3c2)c(C(F)(F)F)c1. The number of fused-ring (bicyclic) bond motifs is 1. The molecule has 0 saturated carbocycles. The number of ether oxygens (including phenoxy) is 1. The fourth-order valence-corrected chi connectivity index (χ4v) is 4.26. The second kappa shape index (κ2) is 9.11. The number of nitrogens with one attached hydrogen (secondary N) is 1. The van der Waals surface area contributed by atoms with Crippen LogP contribution in [0.3, 0.4) is 0 Å². The van der Waals surface area contributed by atoms with Gasteiger partial charge in [-0.25, -0.2) is 0 Å². The van der Waals surface area contributed by atoms with E-state index in [0.29, 0.717) is 11.4 Å². The molecule has 0 atom stereocenters. The molecule has 0 aliphatic heterocycles. The maximum Gasteiger partial charge on any atom is 0.420 e. The molecule has 0 amide bonds. The van der Waals surface area contributed by atoms with E-state index < -0.39 is 29.9 Å². The maximum atomic E-state index is 13.7. The summed E-state index contributed by atoms with van der Waals surface area (Å²) in [6.45, 7) is 0. The number of aromatic amines is 1. The molecule has 1 aromatic heterocycles. The Balaban J connectivity index is 1.70. The van der Waals surface area contributed by atoms with Gasteiger partial charge in [0.2, 0.25) is 0 Å². The number of carboxylic acid groups (broad SMARTS) is 1. The van der Waals surface area contributed by atoms with Gasteiger partial charge in [-0.1, -0.05) is 23.7 Å². The molecule has 9 heteroatoms. The van der Waals surface area contributed by atoms with Gasteiger partial charge >= 0.3 is 12.1 Å². The van der Waals surface area contributed by atoms with E-state index in [1.807, 2.05) is 18.3 Å². The molecule has 3 aromatic carbocycles. The monoisotopic (exact) mass is 537 g/mol. The molecule has 1 heterocycles. The lowest BCUT2D eigenvalue weighted by Gasteiger charge is -2.17. The summed E-state index contributed by atoms with van der Waals surface area (Å²) in [5.41, 5.74) is 1.76. The van der Waals surface area contributed by atoms with Gasteiger partial charge in [-0.3, -0.25) is 4.79 Å². The Morgan fingerprint density at radius 2 is 1.79 bits per heavy atom. The van der Waals surface area contributed by atoms with Crippen LogP contribution in [0.25, 0.3) is 10.9 Å². The van der Waals surface area contributed by atoms with Gasteiger partial charge in [-0.15, -0.1) is 0 Å². The lowest BCUT2D eigenvalue weighted by molar-refractivity contribution is -0.139. The number of rotatable bonds is 6. The molecule has 170 valence electrons. The van der Waals surface area contributed by atoms with Gasteiger partial charge in [0.05, 0.1) is 16.5 Å². The minimum Gasteiger partial charge on any atom is -0.481 e. The molecular weight excluding hydrogens is 523 g/mol. The van der Waals surface area contributed by atoms with Gasteiger partial charge in [-0.2, -0.15) is 13.2 Å². The van der Waals surface area contributed by atoms with Gasteiger partial charge in [-0.05, 0) is 81.5 Å². The van der Waals surface area contributed by atoms with Crippen molar-refractivity contribution < 1.29 is 27.8 Å². The molecule has 4 rings (SSSR count). The van der Waals surface area contributed by atoms with Crippen molar-refractivity contribution in [1.82, 2.24) is 4.98 Å². The Morgan fingerprint density at radius 1 is 1.06 bits per heavy atom. The third-order valence-corrected chi connectivity index (χ3v) is 5.87. The Bertz CT molecular complexity index is 1330. The van der Waals surface area contributed by atoms with Crippen LogP contribution in [-0.4, -0.2) is 16.1 Å². The van der Waals surface area contributed by atoms with Crippen LogP contribution >= 0.6 is 27.5 Å². The molecule has 0 radical (unpaired) electrons. The first-order valence-electron chi connectivity index (χ1n) is 9.74. The van der Waals surface area contributed by atoms with E-state index in [2.05, 4.69) is 20.9 Å². The summed E-state index contributed by atoms with van der Waals surface area (Å²) in [6.07, 6.45) is -2.82. The smallest absolute Gasteiger partial charge is 0.420 e. The van der Waals surface area contributed by atoms with Crippen LogP contribution in [0.5, 0.6) is 11.5 Å². The van der Waals surface area contributed by atoms with Crippen molar-refractivity contribution in [2.24, 2.45) is 0 Å². The lowest BCUT2D eigenvalue weighted by atomic mass is 10.0. The van der Waals surface area contributed by atoms with Gasteiger partial charge in [0.15, 0.2) is 5.75 Å². The van der Waals surface area contributed by atoms with E-state index in [9.17, 15) is 18.0 Å². The highest BCUT2D eigenvalue weighted by atomic mass is 79.9. The highest BCUT2D eigenvalue weighted by molar-refractivity contribution is 9.10. The third-order valence-electron chi connectivity index (χ3n) is 5.03. The van der Waals surface area contributed by atoms with Crippen LogP contribution in [0, 0.1) is 0 Å². The van der Waals surface area contributed by atoms with E-state index in [4.69, 9.17) is 21.4 Å². The van der Waals surface area contributed by atoms with Crippen LogP contribution in [0.1, 0.15) is 22.3 Å². The maximum absolute atomic E-state index is 13.7. The quantitative estimate of drug-likeness (QED) is 0.266. The Kier molecular flexibility index (Phi) is 6.41. The molecular formula is C24H16BrClF3NO3. The molecule has 0 fully saturated rings. The summed E-state index contributed by atoms with van der Waals surface area (Å²) in [5, 5.41) is 10.4. The Morgan fingerprint density at radius 3 is 2.45 bits per heavy atom. The summed E-state index contributed by atoms with van der Waals surface area (Å²) < 4.78 is 46.9. The number of H-pyrrole nitrogens is 1. The minimum absolute atomic E-state index is 0.0142. The number of aromatic nitrogens is 1. The van der Waals surface area contributed by atoms with E-state index >= 15 is 0 Å². The van der Waals surface area contributed by atoms with E-state index in [0.717, 1.165) is 28.1 Å². The fourth-order valence-electron chi connectivity index (χ4n) is 3.55. The molecule has 4 aromatic rings. The predicted molar refractivity (Wildman–Crippen MR) is 123 cm³/mol. The summed E-state index contributed by atoms with van der Waals surface area (Å²) >= 11 is 9.05. The van der Waals surface area contributed by atoms with Crippen LogP contribution in [-0.2, 0) is 23.8 Å². The number of carboxylic acids is 1. The second-order valence-corrected chi connectivity index (χ2v) is 8.74. The lowest BCUT2D eigenvalue weighted by Crippen LogP contribution is -2.10. The first-order chi connectivity index (χ1) is 15.6. The molecule has 0 aliphatic rings. The minimum atomic E-state index is -4.73. The van der Waals surface area contributed by atoms with Crippen LogP contribution in [0.4, 0.5) is 13.2 Å². The molecule has 2 N–H and O–H groups in total. The Labute approximate surface area is 200 Å². The van der Waals surface area contributed by atoms with Gasteiger partial charge in [0, 0.05) is 22.1 Å². The third kappa shape index (κ3) is 5.34. The second-order valence-electron chi connectivity index (χ2n) is 7.45.